The van der Waals surface area contributed by atoms with Gasteiger partial charge in [0.05, 0.1) is 10.6 Å². The second kappa shape index (κ2) is 3.34. The fraction of sp³-hybridized carbons (Fsp3) is 0.167. The third kappa shape index (κ3) is 1.91. The molecular weight excluding hydrogens is 164 g/mol. The molecule has 0 unspecified atom stereocenters. The van der Waals surface area contributed by atoms with Gasteiger partial charge in [-0.25, -0.2) is 0 Å². The van der Waals surface area contributed by atoms with E-state index in [-0.39, 0.29) is 5.69 Å². The van der Waals surface area contributed by atoms with Crippen molar-refractivity contribution in [2.75, 3.05) is 0 Å². The standard InChI is InChI=1S/C6H6N2O2S/c9-8(10)6-2-1-5(4-11)7-3-6/h1-3,11H,4H2. The molecule has 0 aliphatic rings. The van der Waals surface area contributed by atoms with Gasteiger partial charge in [0, 0.05) is 11.8 Å². The number of pyridine rings is 1. The maximum atomic E-state index is 10.1. The van der Waals surface area contributed by atoms with E-state index in [1.54, 1.807) is 6.07 Å². The van der Waals surface area contributed by atoms with Gasteiger partial charge < -0.3 is 0 Å². The molecule has 58 valence electrons. The second-order valence-electron chi connectivity index (χ2n) is 1.92. The summed E-state index contributed by atoms with van der Waals surface area (Å²) in [5, 5.41) is 10.1. The molecule has 0 radical (unpaired) electrons. The summed E-state index contributed by atoms with van der Waals surface area (Å²) >= 11 is 3.96. The molecule has 4 nitrogen and oxygen atoms in total. The van der Waals surface area contributed by atoms with Crippen LogP contribution in [0.4, 0.5) is 5.69 Å². The Labute approximate surface area is 68.8 Å². The van der Waals surface area contributed by atoms with Gasteiger partial charge in [0.2, 0.25) is 0 Å². The highest BCUT2D eigenvalue weighted by Gasteiger charge is 2.03. The lowest BCUT2D eigenvalue weighted by Crippen LogP contribution is -1.90. The van der Waals surface area contributed by atoms with Crippen molar-refractivity contribution in [3.05, 3.63) is 34.1 Å². The quantitative estimate of drug-likeness (QED) is 0.415. The molecule has 1 aromatic rings. The summed E-state index contributed by atoms with van der Waals surface area (Å²) in [6.07, 6.45) is 1.23. The van der Waals surface area contributed by atoms with Gasteiger partial charge in [0.1, 0.15) is 6.20 Å². The molecule has 1 aromatic heterocycles. The molecule has 1 heterocycles. The Morgan fingerprint density at radius 3 is 2.73 bits per heavy atom. The maximum absolute atomic E-state index is 10.1. The van der Waals surface area contributed by atoms with Crippen LogP contribution >= 0.6 is 12.6 Å². The predicted molar refractivity (Wildman–Crippen MR) is 43.6 cm³/mol. The largest absolute Gasteiger partial charge is 0.287 e. The van der Waals surface area contributed by atoms with Crippen molar-refractivity contribution >= 4 is 18.3 Å². The van der Waals surface area contributed by atoms with Crippen LogP contribution in [0.5, 0.6) is 0 Å². The molecule has 0 spiro atoms. The average Bonchev–Trinajstić information content (AvgIpc) is 2.05. The Morgan fingerprint density at radius 1 is 1.64 bits per heavy atom. The first kappa shape index (κ1) is 8.00. The Balaban J connectivity index is 2.91. The number of nitro groups is 1. The van der Waals surface area contributed by atoms with Gasteiger partial charge in [-0.1, -0.05) is 0 Å². The van der Waals surface area contributed by atoms with Crippen molar-refractivity contribution < 1.29 is 4.92 Å². The zero-order chi connectivity index (χ0) is 8.27. The average molecular weight is 170 g/mol. The molecule has 5 heteroatoms. The molecule has 0 aromatic carbocycles. The molecule has 0 saturated heterocycles. The molecule has 0 saturated carbocycles. The summed E-state index contributed by atoms with van der Waals surface area (Å²) in [5.74, 6) is 0.498. The van der Waals surface area contributed by atoms with E-state index in [9.17, 15) is 10.1 Å². The van der Waals surface area contributed by atoms with Crippen molar-refractivity contribution in [2.24, 2.45) is 0 Å². The van der Waals surface area contributed by atoms with Crippen molar-refractivity contribution in [2.45, 2.75) is 5.75 Å². The zero-order valence-electron chi connectivity index (χ0n) is 5.60. The first-order chi connectivity index (χ1) is 5.24. The van der Waals surface area contributed by atoms with Gasteiger partial charge >= 0.3 is 0 Å². The van der Waals surface area contributed by atoms with E-state index in [0.29, 0.717) is 5.75 Å². The monoisotopic (exact) mass is 170 g/mol. The number of hydrogen-bond acceptors (Lipinski definition) is 4. The molecule has 0 aliphatic heterocycles. The SMILES string of the molecule is O=[N+]([O-])c1ccc(CS)nc1. The molecule has 0 fully saturated rings. The van der Waals surface area contributed by atoms with Crippen molar-refractivity contribution in [1.29, 1.82) is 0 Å². The molecule has 0 aliphatic carbocycles. The van der Waals surface area contributed by atoms with Crippen LogP contribution in [0.3, 0.4) is 0 Å². The van der Waals surface area contributed by atoms with E-state index in [2.05, 4.69) is 17.6 Å². The van der Waals surface area contributed by atoms with Gasteiger partial charge in [-0.15, -0.1) is 0 Å². The zero-order valence-corrected chi connectivity index (χ0v) is 6.49. The summed E-state index contributed by atoms with van der Waals surface area (Å²) < 4.78 is 0. The van der Waals surface area contributed by atoms with Gasteiger partial charge in [0.15, 0.2) is 0 Å². The van der Waals surface area contributed by atoms with Crippen molar-refractivity contribution in [3.63, 3.8) is 0 Å². The Bertz CT molecular complexity index is 260. The van der Waals surface area contributed by atoms with E-state index in [1.165, 1.54) is 12.3 Å². The normalized spacial score (nSPS) is 9.55. The predicted octanol–water partition coefficient (Wildman–Crippen LogP) is 1.42. The first-order valence-electron chi connectivity index (χ1n) is 2.94. The van der Waals surface area contributed by atoms with Gasteiger partial charge in [-0.3, -0.25) is 15.1 Å². The number of hydrogen-bond donors (Lipinski definition) is 1. The van der Waals surface area contributed by atoms with Crippen LogP contribution in [0.25, 0.3) is 0 Å². The summed E-state index contributed by atoms with van der Waals surface area (Å²) in [6.45, 7) is 0. The van der Waals surface area contributed by atoms with Crippen LogP contribution in [0.1, 0.15) is 5.69 Å². The Morgan fingerprint density at radius 2 is 2.36 bits per heavy atom. The number of thiol groups is 1. The molecule has 0 N–H and O–H groups in total. The maximum Gasteiger partial charge on any atom is 0.287 e. The third-order valence-electron chi connectivity index (χ3n) is 1.18. The van der Waals surface area contributed by atoms with Gasteiger partial charge in [-0.05, 0) is 6.07 Å². The Kier molecular flexibility index (Phi) is 2.43. The minimum Gasteiger partial charge on any atom is -0.258 e. The molecule has 0 atom stereocenters. The Hall–Kier alpha value is -1.10. The van der Waals surface area contributed by atoms with Crippen LogP contribution < -0.4 is 0 Å². The molecule has 11 heavy (non-hydrogen) atoms. The minimum absolute atomic E-state index is 0.00975. The smallest absolute Gasteiger partial charge is 0.258 e. The summed E-state index contributed by atoms with van der Waals surface area (Å²) in [6, 6.07) is 3.00. The lowest BCUT2D eigenvalue weighted by Gasteiger charge is -1.92. The van der Waals surface area contributed by atoms with Crippen LogP contribution in [0.15, 0.2) is 18.3 Å². The first-order valence-corrected chi connectivity index (χ1v) is 3.57. The lowest BCUT2D eigenvalue weighted by atomic mass is 10.3. The summed E-state index contributed by atoms with van der Waals surface area (Å²) in [7, 11) is 0. The highest BCUT2D eigenvalue weighted by atomic mass is 32.1. The van der Waals surface area contributed by atoms with Crippen molar-refractivity contribution in [1.82, 2.24) is 4.98 Å². The molecular formula is C6H6N2O2S. The van der Waals surface area contributed by atoms with E-state index in [4.69, 9.17) is 0 Å². The van der Waals surface area contributed by atoms with Crippen LogP contribution in [-0.2, 0) is 5.75 Å². The second-order valence-corrected chi connectivity index (χ2v) is 2.24. The highest BCUT2D eigenvalue weighted by molar-refractivity contribution is 7.79. The van der Waals surface area contributed by atoms with E-state index in [0.717, 1.165) is 5.69 Å². The van der Waals surface area contributed by atoms with E-state index < -0.39 is 4.92 Å². The molecule has 0 amide bonds. The van der Waals surface area contributed by atoms with Crippen LogP contribution in [0.2, 0.25) is 0 Å². The number of rotatable bonds is 2. The van der Waals surface area contributed by atoms with E-state index in [1.807, 2.05) is 0 Å². The van der Waals surface area contributed by atoms with Crippen molar-refractivity contribution in [3.8, 4) is 0 Å². The summed E-state index contributed by atoms with van der Waals surface area (Å²) in [4.78, 5) is 13.5. The van der Waals surface area contributed by atoms with Gasteiger partial charge in [-0.2, -0.15) is 12.6 Å². The highest BCUT2D eigenvalue weighted by Crippen LogP contribution is 2.09. The lowest BCUT2D eigenvalue weighted by molar-refractivity contribution is -0.385. The minimum atomic E-state index is -0.477. The molecule has 1 rings (SSSR count). The van der Waals surface area contributed by atoms with Crippen LogP contribution in [0, 0.1) is 10.1 Å². The fourth-order valence-corrected chi connectivity index (χ4v) is 0.805. The van der Waals surface area contributed by atoms with Gasteiger partial charge in [0.25, 0.3) is 5.69 Å². The molecule has 0 bridgehead atoms. The van der Waals surface area contributed by atoms with Crippen LogP contribution in [-0.4, -0.2) is 9.91 Å². The topological polar surface area (TPSA) is 56.0 Å². The number of nitrogens with zero attached hydrogens (tertiary/aromatic N) is 2. The number of aromatic nitrogens is 1. The fourth-order valence-electron chi connectivity index (χ4n) is 0.618. The van der Waals surface area contributed by atoms with E-state index >= 15 is 0 Å². The third-order valence-corrected chi connectivity index (χ3v) is 1.51. The summed E-state index contributed by atoms with van der Waals surface area (Å²) in [5.41, 5.74) is 0.745.